The molecule has 2 aromatic rings. The van der Waals surface area contributed by atoms with Crippen molar-refractivity contribution in [3.05, 3.63) is 24.3 Å². The fraction of sp³-hybridized carbons (Fsp3) is 0.500. The zero-order valence-electron chi connectivity index (χ0n) is 16.2. The summed E-state index contributed by atoms with van der Waals surface area (Å²) in [5.74, 6) is -0.0867. The van der Waals surface area contributed by atoms with Crippen molar-refractivity contribution in [2.45, 2.75) is 32.7 Å². The van der Waals surface area contributed by atoms with Crippen LogP contribution in [0.15, 0.2) is 28.8 Å². The van der Waals surface area contributed by atoms with Gasteiger partial charge >= 0.3 is 18.5 Å². The number of ether oxygens (including phenoxy) is 2. The first-order chi connectivity index (χ1) is 13.5. The Morgan fingerprint density at radius 3 is 2.24 bits per heavy atom. The van der Waals surface area contributed by atoms with Crippen molar-refractivity contribution in [3.63, 3.8) is 0 Å². The fourth-order valence-electron chi connectivity index (χ4n) is 2.67. The molecule has 0 bridgehead atoms. The van der Waals surface area contributed by atoms with Crippen LogP contribution in [0.1, 0.15) is 20.8 Å². The maximum Gasteiger partial charge on any atom is 0.573 e. The van der Waals surface area contributed by atoms with Crippen molar-refractivity contribution < 1.29 is 32.0 Å². The van der Waals surface area contributed by atoms with E-state index in [0.29, 0.717) is 31.7 Å². The summed E-state index contributed by atoms with van der Waals surface area (Å²) in [6.45, 7) is 7.28. The van der Waals surface area contributed by atoms with Gasteiger partial charge in [-0.1, -0.05) is 5.16 Å². The number of piperazine rings is 1. The van der Waals surface area contributed by atoms with Crippen LogP contribution in [-0.4, -0.2) is 59.3 Å². The molecule has 0 aliphatic carbocycles. The molecule has 1 aliphatic rings. The Morgan fingerprint density at radius 2 is 1.69 bits per heavy atom. The predicted molar refractivity (Wildman–Crippen MR) is 96.4 cm³/mol. The molecule has 1 aliphatic heterocycles. The third-order valence-corrected chi connectivity index (χ3v) is 3.96. The number of hydrogen-bond acceptors (Lipinski definition) is 7. The lowest BCUT2D eigenvalue weighted by molar-refractivity contribution is -0.274. The minimum Gasteiger partial charge on any atom is -0.444 e. The number of nitrogens with zero attached hydrogens (tertiary/aromatic N) is 4. The number of carbonyl (C=O) groups is 1. The number of halogens is 3. The molecule has 0 saturated carbocycles. The minimum atomic E-state index is -4.75. The average Bonchev–Trinajstić information content (AvgIpc) is 3.10. The molecule has 0 spiro atoms. The van der Waals surface area contributed by atoms with Crippen molar-refractivity contribution >= 4 is 12.1 Å². The summed E-state index contributed by atoms with van der Waals surface area (Å²) in [5.41, 5.74) is -0.0713. The number of carbonyl (C=O) groups excluding carboxylic acids is 1. The lowest BCUT2D eigenvalue weighted by atomic mass is 10.2. The molecule has 3 rings (SSSR count). The van der Waals surface area contributed by atoms with Crippen LogP contribution in [0.25, 0.3) is 11.4 Å². The molecule has 0 N–H and O–H groups in total. The standard InChI is InChI=1S/C18H21F3N4O4/c1-17(2,3)28-16(26)25-10-8-24(9-11-25)15-22-14(23-29-15)12-4-6-13(7-5-12)27-18(19,20)21/h4-7H,8-11H2,1-3H3. The first-order valence-corrected chi connectivity index (χ1v) is 8.93. The summed E-state index contributed by atoms with van der Waals surface area (Å²) in [7, 11) is 0. The van der Waals surface area contributed by atoms with Gasteiger partial charge in [-0.3, -0.25) is 0 Å². The van der Waals surface area contributed by atoms with Gasteiger partial charge in [0.1, 0.15) is 11.4 Å². The first-order valence-electron chi connectivity index (χ1n) is 8.93. The monoisotopic (exact) mass is 414 g/mol. The van der Waals surface area contributed by atoms with Crippen LogP contribution in [-0.2, 0) is 4.74 Å². The second-order valence-electron chi connectivity index (χ2n) is 7.43. The van der Waals surface area contributed by atoms with Crippen LogP contribution < -0.4 is 9.64 Å². The highest BCUT2D eigenvalue weighted by Gasteiger charge is 2.31. The van der Waals surface area contributed by atoms with Gasteiger partial charge in [-0.2, -0.15) is 4.98 Å². The first kappa shape index (κ1) is 20.7. The second-order valence-corrected chi connectivity index (χ2v) is 7.43. The van der Waals surface area contributed by atoms with Crippen molar-refractivity contribution in [1.29, 1.82) is 0 Å². The molecule has 1 saturated heterocycles. The summed E-state index contributed by atoms with van der Waals surface area (Å²) < 4.78 is 51.2. The number of amides is 1. The maximum atomic E-state index is 12.2. The highest BCUT2D eigenvalue weighted by molar-refractivity contribution is 5.68. The highest BCUT2D eigenvalue weighted by Crippen LogP contribution is 2.26. The molecule has 1 fully saturated rings. The zero-order valence-corrected chi connectivity index (χ0v) is 16.2. The van der Waals surface area contributed by atoms with E-state index in [2.05, 4.69) is 14.9 Å². The van der Waals surface area contributed by atoms with Gasteiger partial charge in [0.15, 0.2) is 0 Å². The molecular formula is C18H21F3N4O4. The van der Waals surface area contributed by atoms with Crippen LogP contribution >= 0.6 is 0 Å². The van der Waals surface area contributed by atoms with Crippen LogP contribution in [0.2, 0.25) is 0 Å². The van der Waals surface area contributed by atoms with Gasteiger partial charge < -0.3 is 23.8 Å². The lowest BCUT2D eigenvalue weighted by Crippen LogP contribution is -2.50. The molecule has 0 unspecified atom stereocenters. The summed E-state index contributed by atoms with van der Waals surface area (Å²) in [6, 6.07) is 5.46. The van der Waals surface area contributed by atoms with Crippen molar-refractivity contribution in [2.24, 2.45) is 0 Å². The lowest BCUT2D eigenvalue weighted by Gasteiger charge is -2.34. The van der Waals surface area contributed by atoms with Crippen molar-refractivity contribution in [1.82, 2.24) is 15.0 Å². The predicted octanol–water partition coefficient (Wildman–Crippen LogP) is 3.69. The van der Waals surface area contributed by atoms with Gasteiger partial charge in [0, 0.05) is 31.7 Å². The molecule has 158 valence electrons. The van der Waals surface area contributed by atoms with Crippen LogP contribution in [0.5, 0.6) is 5.75 Å². The molecule has 11 heteroatoms. The Hall–Kier alpha value is -2.98. The Balaban J connectivity index is 1.59. The van der Waals surface area contributed by atoms with Crippen LogP contribution in [0.3, 0.4) is 0 Å². The van der Waals surface area contributed by atoms with E-state index in [1.54, 1.807) is 4.90 Å². The zero-order chi connectivity index (χ0) is 21.2. The normalized spacial score (nSPS) is 15.4. The van der Waals surface area contributed by atoms with E-state index in [4.69, 9.17) is 9.26 Å². The van der Waals surface area contributed by atoms with Gasteiger partial charge in [-0.05, 0) is 45.0 Å². The third kappa shape index (κ3) is 5.75. The molecule has 0 atom stereocenters. The van der Waals surface area contributed by atoms with Gasteiger partial charge in [-0.15, -0.1) is 13.2 Å². The molecule has 29 heavy (non-hydrogen) atoms. The number of alkyl halides is 3. The van der Waals surface area contributed by atoms with Crippen molar-refractivity contribution in [2.75, 3.05) is 31.1 Å². The molecule has 1 aromatic carbocycles. The van der Waals surface area contributed by atoms with Gasteiger partial charge in [0.05, 0.1) is 0 Å². The summed E-state index contributed by atoms with van der Waals surface area (Å²) in [6.07, 6.45) is -5.12. The Kier molecular flexibility index (Phi) is 5.58. The molecule has 1 amide bonds. The maximum absolute atomic E-state index is 12.2. The van der Waals surface area contributed by atoms with E-state index in [1.807, 2.05) is 25.7 Å². The number of benzene rings is 1. The smallest absolute Gasteiger partial charge is 0.444 e. The Labute approximate surface area is 165 Å². The topological polar surface area (TPSA) is 80.9 Å². The Morgan fingerprint density at radius 1 is 1.07 bits per heavy atom. The van der Waals surface area contributed by atoms with Gasteiger partial charge in [0.25, 0.3) is 0 Å². The number of anilines is 1. The van der Waals surface area contributed by atoms with Gasteiger partial charge in [0.2, 0.25) is 5.82 Å². The van der Waals surface area contributed by atoms with Gasteiger partial charge in [-0.25, -0.2) is 4.79 Å². The third-order valence-electron chi connectivity index (χ3n) is 3.96. The summed E-state index contributed by atoms with van der Waals surface area (Å²) >= 11 is 0. The molecule has 8 nitrogen and oxygen atoms in total. The fourth-order valence-corrected chi connectivity index (χ4v) is 2.67. The molecule has 2 heterocycles. The van der Waals surface area contributed by atoms with E-state index >= 15 is 0 Å². The molecule has 0 radical (unpaired) electrons. The van der Waals surface area contributed by atoms with E-state index in [0.717, 1.165) is 0 Å². The van der Waals surface area contributed by atoms with E-state index in [9.17, 15) is 18.0 Å². The number of rotatable bonds is 3. The average molecular weight is 414 g/mol. The minimum absolute atomic E-state index is 0.244. The van der Waals surface area contributed by atoms with E-state index < -0.39 is 12.0 Å². The summed E-state index contributed by atoms with van der Waals surface area (Å²) in [4.78, 5) is 19.8. The largest absolute Gasteiger partial charge is 0.573 e. The molecular weight excluding hydrogens is 393 g/mol. The highest BCUT2D eigenvalue weighted by atomic mass is 19.4. The second kappa shape index (κ2) is 7.80. The molecule has 1 aromatic heterocycles. The van der Waals surface area contributed by atoms with E-state index in [1.165, 1.54) is 24.3 Å². The summed E-state index contributed by atoms with van der Waals surface area (Å²) in [5, 5.41) is 3.87. The van der Waals surface area contributed by atoms with Crippen LogP contribution in [0, 0.1) is 0 Å². The number of hydrogen-bond donors (Lipinski definition) is 0. The van der Waals surface area contributed by atoms with E-state index in [-0.39, 0.29) is 23.7 Å². The quantitative estimate of drug-likeness (QED) is 0.758. The SMILES string of the molecule is CC(C)(C)OC(=O)N1CCN(c2nc(-c3ccc(OC(F)(F)F)cc3)no2)CC1. The number of aromatic nitrogens is 2. The van der Waals surface area contributed by atoms with Crippen LogP contribution in [0.4, 0.5) is 24.0 Å². The van der Waals surface area contributed by atoms with Crippen molar-refractivity contribution in [3.8, 4) is 17.1 Å². The Bertz CT molecular complexity index is 838.